The zero-order chi connectivity index (χ0) is 12.8. The van der Waals surface area contributed by atoms with Gasteiger partial charge in [0.1, 0.15) is 0 Å². The van der Waals surface area contributed by atoms with Crippen molar-refractivity contribution in [1.29, 1.82) is 0 Å². The quantitative estimate of drug-likeness (QED) is 0.891. The number of hydrogen-bond acceptors (Lipinski definition) is 2. The topological polar surface area (TPSA) is 32.3 Å². The fourth-order valence-corrected chi connectivity index (χ4v) is 2.99. The highest BCUT2D eigenvalue weighted by Crippen LogP contribution is 2.18. The predicted octanol–water partition coefficient (Wildman–Crippen LogP) is 2.72. The molecule has 0 spiro atoms. The Morgan fingerprint density at radius 2 is 2.17 bits per heavy atom. The molecule has 0 radical (unpaired) electrons. The molecule has 1 aliphatic heterocycles. The van der Waals surface area contributed by atoms with Gasteiger partial charge in [-0.15, -0.1) is 0 Å². The van der Waals surface area contributed by atoms with Gasteiger partial charge in [0, 0.05) is 30.6 Å². The normalized spacial score (nSPS) is 20.3. The number of carbonyl (C=O) groups is 1. The third-order valence-electron chi connectivity index (χ3n) is 3.14. The summed E-state index contributed by atoms with van der Waals surface area (Å²) in [6.45, 7) is 4.57. The van der Waals surface area contributed by atoms with Gasteiger partial charge in [-0.1, -0.05) is 37.3 Å². The molecule has 98 valence electrons. The first-order valence-corrected chi connectivity index (χ1v) is 7.49. The van der Waals surface area contributed by atoms with Gasteiger partial charge in [0.05, 0.1) is 0 Å². The number of amides is 2. The number of urea groups is 1. The smallest absolute Gasteiger partial charge is 0.317 e. The molecule has 2 amide bonds. The lowest BCUT2D eigenvalue weighted by molar-refractivity contribution is 0.201. The Kier molecular flexibility index (Phi) is 4.93. The summed E-state index contributed by atoms with van der Waals surface area (Å²) < 4.78 is 0. The van der Waals surface area contributed by atoms with Crippen molar-refractivity contribution in [2.45, 2.75) is 25.1 Å². The first kappa shape index (κ1) is 13.3. The highest BCUT2D eigenvalue weighted by atomic mass is 32.2. The number of rotatable bonds is 2. The molecule has 0 saturated carbocycles. The molecule has 2 rings (SSSR count). The lowest BCUT2D eigenvalue weighted by Crippen LogP contribution is -2.40. The van der Waals surface area contributed by atoms with Crippen LogP contribution in [0.4, 0.5) is 4.79 Å². The van der Waals surface area contributed by atoms with E-state index in [0.717, 1.165) is 30.8 Å². The van der Waals surface area contributed by atoms with Crippen molar-refractivity contribution in [2.75, 3.05) is 18.8 Å². The van der Waals surface area contributed by atoms with Gasteiger partial charge in [0.2, 0.25) is 0 Å². The van der Waals surface area contributed by atoms with Crippen molar-refractivity contribution in [2.24, 2.45) is 0 Å². The summed E-state index contributed by atoms with van der Waals surface area (Å²) in [5.41, 5.74) is 1.14. The molecule has 1 heterocycles. The largest absolute Gasteiger partial charge is 0.334 e. The Balaban J connectivity index is 1.80. The second-order valence-electron chi connectivity index (χ2n) is 4.60. The monoisotopic (exact) mass is 264 g/mol. The van der Waals surface area contributed by atoms with E-state index in [2.05, 4.69) is 12.2 Å². The van der Waals surface area contributed by atoms with E-state index >= 15 is 0 Å². The average molecular weight is 264 g/mol. The van der Waals surface area contributed by atoms with Crippen LogP contribution in [0.3, 0.4) is 0 Å². The minimum Gasteiger partial charge on any atom is -0.334 e. The van der Waals surface area contributed by atoms with Gasteiger partial charge < -0.3 is 10.2 Å². The maximum absolute atomic E-state index is 12.0. The van der Waals surface area contributed by atoms with Crippen LogP contribution in [0.15, 0.2) is 30.3 Å². The predicted molar refractivity (Wildman–Crippen MR) is 76.8 cm³/mol. The van der Waals surface area contributed by atoms with Gasteiger partial charge >= 0.3 is 6.03 Å². The summed E-state index contributed by atoms with van der Waals surface area (Å²) in [6.07, 6.45) is 1.09. The second kappa shape index (κ2) is 6.69. The van der Waals surface area contributed by atoms with Crippen molar-refractivity contribution in [1.82, 2.24) is 10.2 Å². The van der Waals surface area contributed by atoms with Crippen molar-refractivity contribution in [3.8, 4) is 0 Å². The van der Waals surface area contributed by atoms with Crippen LogP contribution in [0.5, 0.6) is 0 Å². The number of thioether (sulfide) groups is 1. The van der Waals surface area contributed by atoms with Gasteiger partial charge in [-0.3, -0.25) is 0 Å². The third kappa shape index (κ3) is 3.95. The van der Waals surface area contributed by atoms with Gasteiger partial charge in [0.15, 0.2) is 0 Å². The van der Waals surface area contributed by atoms with Gasteiger partial charge in [-0.25, -0.2) is 4.79 Å². The zero-order valence-electron chi connectivity index (χ0n) is 10.8. The molecule has 3 nitrogen and oxygen atoms in total. The van der Waals surface area contributed by atoms with Crippen LogP contribution in [0, 0.1) is 0 Å². The highest BCUT2D eigenvalue weighted by Gasteiger charge is 2.18. The van der Waals surface area contributed by atoms with Crippen LogP contribution in [-0.2, 0) is 6.54 Å². The molecule has 0 bridgehead atoms. The van der Waals surface area contributed by atoms with Crippen LogP contribution in [0.2, 0.25) is 0 Å². The fraction of sp³-hybridized carbons (Fsp3) is 0.500. The lowest BCUT2D eigenvalue weighted by atomic mass is 10.2. The average Bonchev–Trinajstić information content (AvgIpc) is 2.62. The molecule has 0 aromatic heterocycles. The SMILES string of the molecule is CC1CCN(C(=O)NCc2ccccc2)CCS1. The van der Waals surface area contributed by atoms with E-state index in [1.807, 2.05) is 47.0 Å². The molecule has 18 heavy (non-hydrogen) atoms. The maximum Gasteiger partial charge on any atom is 0.317 e. The lowest BCUT2D eigenvalue weighted by Gasteiger charge is -2.20. The van der Waals surface area contributed by atoms with Crippen molar-refractivity contribution < 1.29 is 4.79 Å². The fourth-order valence-electron chi connectivity index (χ4n) is 1.99. The number of benzene rings is 1. The molecule has 4 heteroatoms. The van der Waals surface area contributed by atoms with E-state index in [-0.39, 0.29) is 6.03 Å². The van der Waals surface area contributed by atoms with E-state index in [1.165, 1.54) is 0 Å². The summed E-state index contributed by atoms with van der Waals surface area (Å²) >= 11 is 1.95. The standard InChI is InChI=1S/C14H20N2OS/c1-12-7-8-16(9-10-18-12)14(17)15-11-13-5-3-2-4-6-13/h2-6,12H,7-11H2,1H3,(H,15,17). The number of nitrogens with zero attached hydrogens (tertiary/aromatic N) is 1. The maximum atomic E-state index is 12.0. The Labute approximate surface area is 113 Å². The molecular weight excluding hydrogens is 244 g/mol. The molecule has 1 N–H and O–H groups in total. The zero-order valence-corrected chi connectivity index (χ0v) is 11.6. The molecule has 1 aromatic carbocycles. The van der Waals surface area contributed by atoms with E-state index in [1.54, 1.807) is 0 Å². The van der Waals surface area contributed by atoms with Crippen LogP contribution in [-0.4, -0.2) is 35.0 Å². The van der Waals surface area contributed by atoms with E-state index in [0.29, 0.717) is 11.8 Å². The summed E-state index contributed by atoms with van der Waals surface area (Å²) in [6, 6.07) is 10.1. The third-order valence-corrected chi connectivity index (χ3v) is 4.37. The van der Waals surface area contributed by atoms with Crippen LogP contribution in [0.1, 0.15) is 18.9 Å². The molecule has 1 unspecified atom stereocenters. The Morgan fingerprint density at radius 3 is 2.94 bits per heavy atom. The second-order valence-corrected chi connectivity index (χ2v) is 6.15. The van der Waals surface area contributed by atoms with E-state index < -0.39 is 0 Å². The van der Waals surface area contributed by atoms with E-state index in [9.17, 15) is 4.79 Å². The van der Waals surface area contributed by atoms with E-state index in [4.69, 9.17) is 0 Å². The summed E-state index contributed by atoms with van der Waals surface area (Å²) in [5.74, 6) is 1.04. The van der Waals surface area contributed by atoms with Gasteiger partial charge in [0.25, 0.3) is 0 Å². The summed E-state index contributed by atoms with van der Waals surface area (Å²) in [4.78, 5) is 14.0. The molecule has 0 aliphatic carbocycles. The molecule has 1 atom stereocenters. The van der Waals surface area contributed by atoms with Crippen LogP contribution < -0.4 is 5.32 Å². The first-order valence-electron chi connectivity index (χ1n) is 6.44. The molecule has 1 fully saturated rings. The number of hydrogen-bond donors (Lipinski definition) is 1. The minimum absolute atomic E-state index is 0.0635. The Bertz CT molecular complexity index is 383. The van der Waals surface area contributed by atoms with Crippen molar-refractivity contribution in [3.05, 3.63) is 35.9 Å². The summed E-state index contributed by atoms with van der Waals surface area (Å²) in [7, 11) is 0. The first-order chi connectivity index (χ1) is 8.75. The number of nitrogens with one attached hydrogen (secondary N) is 1. The summed E-state index contributed by atoms with van der Waals surface area (Å²) in [5, 5.41) is 3.65. The van der Waals surface area contributed by atoms with Gasteiger partial charge in [-0.2, -0.15) is 11.8 Å². The van der Waals surface area contributed by atoms with Crippen molar-refractivity contribution >= 4 is 17.8 Å². The van der Waals surface area contributed by atoms with Gasteiger partial charge in [-0.05, 0) is 12.0 Å². The Hall–Kier alpha value is -1.16. The van der Waals surface area contributed by atoms with Crippen LogP contribution in [0.25, 0.3) is 0 Å². The van der Waals surface area contributed by atoms with Crippen molar-refractivity contribution in [3.63, 3.8) is 0 Å². The Morgan fingerprint density at radius 1 is 1.39 bits per heavy atom. The highest BCUT2D eigenvalue weighted by molar-refractivity contribution is 7.99. The van der Waals surface area contributed by atoms with Crippen LogP contribution >= 0.6 is 11.8 Å². The molecular formula is C14H20N2OS. The minimum atomic E-state index is 0.0635. The molecule has 1 aliphatic rings. The number of carbonyl (C=O) groups excluding carboxylic acids is 1. The molecule has 1 saturated heterocycles. The molecule has 1 aromatic rings.